The molecule has 0 radical (unpaired) electrons. The summed E-state index contributed by atoms with van der Waals surface area (Å²) in [5.74, 6) is 2.76. The van der Waals surface area contributed by atoms with Gasteiger partial charge in [-0.1, -0.05) is 6.07 Å². The molecular weight excluding hydrogens is 459 g/mol. The van der Waals surface area contributed by atoms with Crippen LogP contribution in [0.25, 0.3) is 0 Å². The van der Waals surface area contributed by atoms with Crippen molar-refractivity contribution < 1.29 is 14.2 Å². The normalized spacial score (nSPS) is 10.7. The molecule has 0 amide bonds. The van der Waals surface area contributed by atoms with Gasteiger partial charge < -0.3 is 24.8 Å². The van der Waals surface area contributed by atoms with E-state index in [1.165, 1.54) is 0 Å². The number of ether oxygens (including phenoxy) is 3. The van der Waals surface area contributed by atoms with Gasteiger partial charge in [-0.05, 0) is 36.8 Å². The van der Waals surface area contributed by atoms with Crippen LogP contribution in [0.4, 0.5) is 0 Å². The van der Waals surface area contributed by atoms with Crippen molar-refractivity contribution in [2.45, 2.75) is 13.5 Å². The fraction of sp³-hybridized carbons (Fsp3) is 0.368. The second-order valence-corrected chi connectivity index (χ2v) is 5.33. The van der Waals surface area contributed by atoms with E-state index in [2.05, 4.69) is 20.6 Å². The van der Waals surface area contributed by atoms with Gasteiger partial charge in [0.15, 0.2) is 5.96 Å². The zero-order valence-electron chi connectivity index (χ0n) is 15.9. The van der Waals surface area contributed by atoms with Crippen LogP contribution in [-0.4, -0.2) is 44.9 Å². The molecule has 2 N–H and O–H groups in total. The molecule has 0 saturated carbocycles. The molecule has 148 valence electrons. The van der Waals surface area contributed by atoms with E-state index in [1.54, 1.807) is 20.4 Å². The monoisotopic (exact) mass is 486 g/mol. The Hall–Kier alpha value is -2.07. The minimum Gasteiger partial charge on any atom is -0.497 e. The molecule has 0 saturated heterocycles. The van der Waals surface area contributed by atoms with Crippen molar-refractivity contribution in [1.82, 2.24) is 15.6 Å². The molecule has 27 heavy (non-hydrogen) atoms. The maximum Gasteiger partial charge on any atom is 0.219 e. The lowest BCUT2D eigenvalue weighted by Crippen LogP contribution is -2.38. The molecule has 0 atom stereocenters. The first-order valence-corrected chi connectivity index (χ1v) is 8.54. The molecule has 1 aromatic carbocycles. The molecule has 0 spiro atoms. The van der Waals surface area contributed by atoms with Crippen molar-refractivity contribution in [3.05, 3.63) is 48.2 Å². The highest BCUT2D eigenvalue weighted by Crippen LogP contribution is 2.22. The summed E-state index contributed by atoms with van der Waals surface area (Å²) in [5.41, 5.74) is 1.03. The molecule has 1 heterocycles. The number of halogens is 1. The molecule has 2 rings (SSSR count). The molecule has 0 fully saturated rings. The average Bonchev–Trinajstić information content (AvgIpc) is 2.69. The van der Waals surface area contributed by atoms with E-state index in [0.717, 1.165) is 17.3 Å². The van der Waals surface area contributed by atoms with Crippen LogP contribution in [0.1, 0.15) is 12.5 Å². The summed E-state index contributed by atoms with van der Waals surface area (Å²) in [6.45, 7) is 4.66. The first kappa shape index (κ1) is 23.0. The van der Waals surface area contributed by atoms with Crippen LogP contribution >= 0.6 is 24.0 Å². The van der Waals surface area contributed by atoms with Crippen LogP contribution in [0.5, 0.6) is 17.4 Å². The molecule has 7 nitrogen and oxygen atoms in total. The van der Waals surface area contributed by atoms with Crippen molar-refractivity contribution in [1.29, 1.82) is 0 Å². The Morgan fingerprint density at radius 2 is 1.81 bits per heavy atom. The van der Waals surface area contributed by atoms with E-state index in [4.69, 9.17) is 14.2 Å². The number of nitrogens with one attached hydrogen (secondary N) is 2. The predicted octanol–water partition coefficient (Wildman–Crippen LogP) is 3.20. The van der Waals surface area contributed by atoms with Crippen molar-refractivity contribution in [2.75, 3.05) is 33.9 Å². The van der Waals surface area contributed by atoms with E-state index >= 15 is 0 Å². The van der Waals surface area contributed by atoms with Gasteiger partial charge in [0.25, 0.3) is 0 Å². The van der Waals surface area contributed by atoms with Gasteiger partial charge in [-0.3, -0.25) is 4.99 Å². The van der Waals surface area contributed by atoms with Crippen LogP contribution in [-0.2, 0) is 11.3 Å². The molecule has 2 aromatic rings. The highest BCUT2D eigenvalue weighted by molar-refractivity contribution is 14.0. The number of rotatable bonds is 9. The van der Waals surface area contributed by atoms with Gasteiger partial charge in [0.2, 0.25) is 5.88 Å². The maximum atomic E-state index is 5.72. The van der Waals surface area contributed by atoms with E-state index in [9.17, 15) is 0 Å². The van der Waals surface area contributed by atoms with Crippen LogP contribution in [0.15, 0.2) is 47.6 Å². The minimum atomic E-state index is 0. The van der Waals surface area contributed by atoms with Gasteiger partial charge in [-0.25, -0.2) is 4.98 Å². The van der Waals surface area contributed by atoms with Crippen LogP contribution < -0.4 is 20.1 Å². The average molecular weight is 486 g/mol. The second-order valence-electron chi connectivity index (χ2n) is 5.33. The van der Waals surface area contributed by atoms with Gasteiger partial charge in [0, 0.05) is 39.0 Å². The van der Waals surface area contributed by atoms with Crippen molar-refractivity contribution in [3.8, 4) is 17.4 Å². The van der Waals surface area contributed by atoms with Crippen LogP contribution in [0, 0.1) is 0 Å². The molecular formula is C19H27IN4O3. The minimum absolute atomic E-state index is 0. The highest BCUT2D eigenvalue weighted by atomic mass is 127. The standard InChI is InChI=1S/C19H26N4O3.HI/c1-4-25-12-11-21-19(20-2)23-14-15-5-10-18(22-13-15)26-17-8-6-16(24-3)7-9-17;/h5-10,13H,4,11-12,14H2,1-3H3,(H2,20,21,23);1H. The largest absolute Gasteiger partial charge is 0.497 e. The summed E-state index contributed by atoms with van der Waals surface area (Å²) in [5, 5.41) is 6.42. The number of hydrogen-bond acceptors (Lipinski definition) is 5. The van der Waals surface area contributed by atoms with Gasteiger partial charge in [0.05, 0.1) is 13.7 Å². The second kappa shape index (κ2) is 13.2. The number of guanidine groups is 1. The van der Waals surface area contributed by atoms with Crippen LogP contribution in [0.3, 0.4) is 0 Å². The lowest BCUT2D eigenvalue weighted by Gasteiger charge is -2.12. The van der Waals surface area contributed by atoms with Gasteiger partial charge >= 0.3 is 0 Å². The van der Waals surface area contributed by atoms with E-state index in [0.29, 0.717) is 37.9 Å². The van der Waals surface area contributed by atoms with Gasteiger partial charge in [-0.2, -0.15) is 0 Å². The van der Waals surface area contributed by atoms with E-state index in [-0.39, 0.29) is 24.0 Å². The third-order valence-electron chi connectivity index (χ3n) is 3.51. The quantitative estimate of drug-likeness (QED) is 0.246. The first-order valence-electron chi connectivity index (χ1n) is 8.54. The van der Waals surface area contributed by atoms with Crippen molar-refractivity contribution >= 4 is 29.9 Å². The summed E-state index contributed by atoms with van der Waals surface area (Å²) in [6, 6.07) is 11.2. The first-order chi connectivity index (χ1) is 12.7. The number of aromatic nitrogens is 1. The number of aliphatic imine (C=N–C) groups is 1. The Balaban J connectivity index is 0.00000364. The summed E-state index contributed by atoms with van der Waals surface area (Å²) < 4.78 is 16.1. The van der Waals surface area contributed by atoms with Crippen molar-refractivity contribution in [3.63, 3.8) is 0 Å². The maximum absolute atomic E-state index is 5.72. The molecule has 0 aliphatic heterocycles. The fourth-order valence-electron chi connectivity index (χ4n) is 2.13. The fourth-order valence-corrected chi connectivity index (χ4v) is 2.13. The summed E-state index contributed by atoms with van der Waals surface area (Å²) in [4.78, 5) is 8.50. The Kier molecular flexibility index (Phi) is 11.2. The topological polar surface area (TPSA) is 77.0 Å². The number of nitrogens with zero attached hydrogens (tertiary/aromatic N) is 2. The Morgan fingerprint density at radius 3 is 2.41 bits per heavy atom. The molecule has 8 heteroatoms. The zero-order valence-corrected chi connectivity index (χ0v) is 18.2. The predicted molar refractivity (Wildman–Crippen MR) is 117 cm³/mol. The number of hydrogen-bond donors (Lipinski definition) is 2. The summed E-state index contributed by atoms with van der Waals surface area (Å²) >= 11 is 0. The Labute approximate surface area is 177 Å². The molecule has 0 aliphatic carbocycles. The zero-order chi connectivity index (χ0) is 18.6. The third-order valence-corrected chi connectivity index (χ3v) is 3.51. The summed E-state index contributed by atoms with van der Waals surface area (Å²) in [7, 11) is 3.37. The molecule has 0 aliphatic rings. The number of pyridine rings is 1. The lowest BCUT2D eigenvalue weighted by molar-refractivity contribution is 0.152. The molecule has 0 bridgehead atoms. The Morgan fingerprint density at radius 1 is 1.07 bits per heavy atom. The number of benzene rings is 1. The van der Waals surface area contributed by atoms with Gasteiger partial charge in [0.1, 0.15) is 11.5 Å². The summed E-state index contributed by atoms with van der Waals surface area (Å²) in [6.07, 6.45) is 1.78. The lowest BCUT2D eigenvalue weighted by atomic mass is 10.3. The molecule has 1 aromatic heterocycles. The van der Waals surface area contributed by atoms with Gasteiger partial charge in [-0.15, -0.1) is 24.0 Å². The smallest absolute Gasteiger partial charge is 0.219 e. The van der Waals surface area contributed by atoms with Crippen LogP contribution in [0.2, 0.25) is 0 Å². The van der Waals surface area contributed by atoms with E-state index in [1.807, 2.05) is 43.3 Å². The third kappa shape index (κ3) is 8.44. The molecule has 0 unspecified atom stereocenters. The van der Waals surface area contributed by atoms with E-state index < -0.39 is 0 Å². The SMILES string of the molecule is CCOCCNC(=NC)NCc1ccc(Oc2ccc(OC)cc2)nc1.I. The highest BCUT2D eigenvalue weighted by Gasteiger charge is 2.02. The Bertz CT molecular complexity index is 678. The van der Waals surface area contributed by atoms with Crippen molar-refractivity contribution in [2.24, 2.45) is 4.99 Å². The number of methoxy groups -OCH3 is 1.